The number of hydrogen-bond acceptors (Lipinski definition) is 2. The summed E-state index contributed by atoms with van der Waals surface area (Å²) in [5.74, 6) is 2.07. The Morgan fingerprint density at radius 2 is 2.29 bits per heavy atom. The van der Waals surface area contributed by atoms with E-state index in [9.17, 15) is 4.79 Å². The number of carbonyl (C=O) groups is 1. The molecule has 1 amide bonds. The predicted octanol–water partition coefficient (Wildman–Crippen LogP) is 1.00. The van der Waals surface area contributed by atoms with Crippen molar-refractivity contribution in [2.24, 2.45) is 17.8 Å². The molecule has 0 spiro atoms. The summed E-state index contributed by atoms with van der Waals surface area (Å²) in [6.45, 7) is 6.37. The highest BCUT2D eigenvalue weighted by Gasteiger charge is 2.28. The number of hydrogen-bond donors (Lipinski definition) is 2. The van der Waals surface area contributed by atoms with Crippen LogP contribution in [0.3, 0.4) is 0 Å². The lowest BCUT2D eigenvalue weighted by Gasteiger charge is -2.32. The Balaban J connectivity index is 2.53. The minimum atomic E-state index is 0.225. The van der Waals surface area contributed by atoms with Crippen LogP contribution in [0.2, 0.25) is 0 Å². The van der Waals surface area contributed by atoms with E-state index in [2.05, 4.69) is 24.5 Å². The predicted molar refractivity (Wildman–Crippen MR) is 58.0 cm³/mol. The van der Waals surface area contributed by atoms with Gasteiger partial charge in [0.15, 0.2) is 0 Å². The van der Waals surface area contributed by atoms with Crippen LogP contribution >= 0.6 is 0 Å². The van der Waals surface area contributed by atoms with Crippen molar-refractivity contribution >= 4 is 5.91 Å². The molecule has 1 saturated heterocycles. The standard InChI is InChI=1S/C11H22N2O/c1-8(2)10(7-12-3)9-4-5-13-11(14)6-9/h8-10,12H,4-7H2,1-3H3,(H,13,14). The maximum atomic E-state index is 11.3. The summed E-state index contributed by atoms with van der Waals surface area (Å²) >= 11 is 0. The Hall–Kier alpha value is -0.570. The second-order valence-corrected chi connectivity index (χ2v) is 4.57. The van der Waals surface area contributed by atoms with Crippen molar-refractivity contribution < 1.29 is 4.79 Å². The van der Waals surface area contributed by atoms with E-state index >= 15 is 0 Å². The average Bonchev–Trinajstić information content (AvgIpc) is 2.13. The van der Waals surface area contributed by atoms with Crippen molar-refractivity contribution in [3.8, 4) is 0 Å². The number of carbonyl (C=O) groups excluding carboxylic acids is 1. The van der Waals surface area contributed by atoms with Crippen LogP contribution in [0, 0.1) is 17.8 Å². The molecule has 2 N–H and O–H groups in total. The molecule has 0 bridgehead atoms. The first-order valence-corrected chi connectivity index (χ1v) is 5.56. The zero-order valence-electron chi connectivity index (χ0n) is 9.47. The highest BCUT2D eigenvalue weighted by molar-refractivity contribution is 5.76. The van der Waals surface area contributed by atoms with Crippen molar-refractivity contribution in [2.75, 3.05) is 20.1 Å². The molecule has 0 aliphatic carbocycles. The third-order valence-electron chi connectivity index (χ3n) is 3.19. The molecule has 0 radical (unpaired) electrons. The molecule has 1 fully saturated rings. The van der Waals surface area contributed by atoms with E-state index in [-0.39, 0.29) is 5.91 Å². The fourth-order valence-corrected chi connectivity index (χ4v) is 2.36. The normalized spacial score (nSPS) is 24.9. The van der Waals surface area contributed by atoms with E-state index in [1.165, 1.54) is 0 Å². The van der Waals surface area contributed by atoms with Gasteiger partial charge in [-0.1, -0.05) is 13.8 Å². The molecule has 0 aromatic rings. The van der Waals surface area contributed by atoms with Crippen LogP contribution in [0.1, 0.15) is 26.7 Å². The van der Waals surface area contributed by atoms with Crippen LogP contribution in [0.4, 0.5) is 0 Å². The second-order valence-electron chi connectivity index (χ2n) is 4.57. The van der Waals surface area contributed by atoms with Gasteiger partial charge in [0.1, 0.15) is 0 Å². The van der Waals surface area contributed by atoms with E-state index in [1.54, 1.807) is 0 Å². The highest BCUT2D eigenvalue weighted by Crippen LogP contribution is 2.27. The molecular formula is C11H22N2O. The monoisotopic (exact) mass is 198 g/mol. The molecule has 2 unspecified atom stereocenters. The van der Waals surface area contributed by atoms with Gasteiger partial charge in [-0.25, -0.2) is 0 Å². The molecule has 1 rings (SSSR count). The van der Waals surface area contributed by atoms with Crippen LogP contribution in [0.15, 0.2) is 0 Å². The summed E-state index contributed by atoms with van der Waals surface area (Å²) in [4.78, 5) is 11.3. The summed E-state index contributed by atoms with van der Waals surface area (Å²) in [5.41, 5.74) is 0. The van der Waals surface area contributed by atoms with Crippen molar-refractivity contribution in [3.05, 3.63) is 0 Å². The lowest BCUT2D eigenvalue weighted by Crippen LogP contribution is -2.40. The third kappa shape index (κ3) is 2.98. The van der Waals surface area contributed by atoms with Gasteiger partial charge >= 0.3 is 0 Å². The van der Waals surface area contributed by atoms with Gasteiger partial charge in [0.25, 0.3) is 0 Å². The first-order chi connectivity index (χ1) is 6.65. The Morgan fingerprint density at radius 1 is 1.57 bits per heavy atom. The van der Waals surface area contributed by atoms with Gasteiger partial charge in [-0.2, -0.15) is 0 Å². The van der Waals surface area contributed by atoms with Crippen LogP contribution < -0.4 is 10.6 Å². The van der Waals surface area contributed by atoms with Gasteiger partial charge in [0, 0.05) is 13.0 Å². The van der Waals surface area contributed by atoms with Gasteiger partial charge in [-0.05, 0) is 37.8 Å². The lowest BCUT2D eigenvalue weighted by atomic mass is 9.78. The number of nitrogens with one attached hydrogen (secondary N) is 2. The molecular weight excluding hydrogens is 176 g/mol. The smallest absolute Gasteiger partial charge is 0.220 e. The Morgan fingerprint density at radius 3 is 2.79 bits per heavy atom. The van der Waals surface area contributed by atoms with Crippen LogP contribution in [0.5, 0.6) is 0 Å². The average molecular weight is 198 g/mol. The fourth-order valence-electron chi connectivity index (χ4n) is 2.36. The maximum Gasteiger partial charge on any atom is 0.220 e. The molecule has 1 heterocycles. The highest BCUT2D eigenvalue weighted by atomic mass is 16.1. The van der Waals surface area contributed by atoms with E-state index in [0.717, 1.165) is 19.5 Å². The topological polar surface area (TPSA) is 41.1 Å². The SMILES string of the molecule is CNCC(C(C)C)C1CCNC(=O)C1. The molecule has 0 aromatic carbocycles. The second kappa shape index (κ2) is 5.35. The molecule has 3 nitrogen and oxygen atoms in total. The third-order valence-corrected chi connectivity index (χ3v) is 3.19. The van der Waals surface area contributed by atoms with Crippen molar-refractivity contribution in [1.29, 1.82) is 0 Å². The van der Waals surface area contributed by atoms with Gasteiger partial charge in [0.2, 0.25) is 5.91 Å². The summed E-state index contributed by atoms with van der Waals surface area (Å²) in [5, 5.41) is 6.12. The summed E-state index contributed by atoms with van der Waals surface area (Å²) in [6.07, 6.45) is 1.85. The van der Waals surface area contributed by atoms with E-state index in [1.807, 2.05) is 7.05 Å². The summed E-state index contributed by atoms with van der Waals surface area (Å²) in [7, 11) is 1.98. The van der Waals surface area contributed by atoms with E-state index in [4.69, 9.17) is 0 Å². The molecule has 1 aliphatic rings. The number of piperidine rings is 1. The first-order valence-electron chi connectivity index (χ1n) is 5.56. The molecule has 0 aromatic heterocycles. The summed E-state index contributed by atoms with van der Waals surface area (Å²) in [6, 6.07) is 0. The quantitative estimate of drug-likeness (QED) is 0.707. The van der Waals surface area contributed by atoms with Gasteiger partial charge in [0.05, 0.1) is 0 Å². The Labute approximate surface area is 86.6 Å². The number of amides is 1. The Bertz CT molecular complexity index is 192. The van der Waals surface area contributed by atoms with Gasteiger partial charge in [-0.15, -0.1) is 0 Å². The molecule has 0 saturated carbocycles. The molecule has 1 aliphatic heterocycles. The minimum absolute atomic E-state index is 0.225. The van der Waals surface area contributed by atoms with Crippen LogP contribution in [-0.4, -0.2) is 26.0 Å². The van der Waals surface area contributed by atoms with Gasteiger partial charge in [-0.3, -0.25) is 4.79 Å². The largest absolute Gasteiger partial charge is 0.356 e. The first kappa shape index (κ1) is 11.5. The van der Waals surface area contributed by atoms with Crippen molar-refractivity contribution in [2.45, 2.75) is 26.7 Å². The van der Waals surface area contributed by atoms with Gasteiger partial charge < -0.3 is 10.6 Å². The van der Waals surface area contributed by atoms with Crippen molar-refractivity contribution in [1.82, 2.24) is 10.6 Å². The fraction of sp³-hybridized carbons (Fsp3) is 0.909. The maximum absolute atomic E-state index is 11.3. The molecule has 82 valence electrons. The zero-order valence-corrected chi connectivity index (χ0v) is 9.47. The molecule has 3 heteroatoms. The Kier molecular flexibility index (Phi) is 4.39. The minimum Gasteiger partial charge on any atom is -0.356 e. The molecule has 14 heavy (non-hydrogen) atoms. The van der Waals surface area contributed by atoms with Crippen LogP contribution in [0.25, 0.3) is 0 Å². The van der Waals surface area contributed by atoms with Crippen molar-refractivity contribution in [3.63, 3.8) is 0 Å². The summed E-state index contributed by atoms with van der Waals surface area (Å²) < 4.78 is 0. The van der Waals surface area contributed by atoms with E-state index in [0.29, 0.717) is 24.2 Å². The zero-order chi connectivity index (χ0) is 10.6. The lowest BCUT2D eigenvalue weighted by molar-refractivity contribution is -0.124. The number of rotatable bonds is 4. The molecule has 2 atom stereocenters. The van der Waals surface area contributed by atoms with E-state index < -0.39 is 0 Å². The van der Waals surface area contributed by atoms with Crippen LogP contribution in [-0.2, 0) is 4.79 Å².